The maximum atomic E-state index is 6.19. The van der Waals surface area contributed by atoms with Gasteiger partial charge in [-0.25, -0.2) is 10.9 Å². The molecule has 0 bridgehead atoms. The molecule has 0 aromatic rings. The topological polar surface area (TPSA) is 36.1 Å². The number of nitrogens with one attached hydrogen (secondary N) is 3. The van der Waals surface area contributed by atoms with Crippen molar-refractivity contribution in [3.8, 4) is 0 Å². The van der Waals surface area contributed by atoms with Crippen LogP contribution < -0.4 is 16.2 Å². The molecule has 3 unspecified atom stereocenters. The molecule has 7 heteroatoms. The lowest BCUT2D eigenvalue weighted by molar-refractivity contribution is 0.327. The van der Waals surface area contributed by atoms with E-state index in [2.05, 4.69) is 27.9 Å². The van der Waals surface area contributed by atoms with E-state index < -0.39 is 0 Å². The van der Waals surface area contributed by atoms with E-state index in [1.165, 1.54) is 37.2 Å². The molecule has 3 N–H and O–H groups in total. The SMILES string of the molecule is ClC1CCC(C2NC(CSC3NNCS3)CS2)CC1. The fraction of sp³-hybridized carbons (Fsp3) is 1.00. The van der Waals surface area contributed by atoms with Gasteiger partial charge in [0, 0.05) is 22.9 Å². The molecule has 0 aromatic carbocycles. The second-order valence-corrected chi connectivity index (χ2v) is 9.75. The Labute approximate surface area is 133 Å². The normalized spacial score (nSPS) is 43.7. The van der Waals surface area contributed by atoms with E-state index in [1.54, 1.807) is 0 Å². The summed E-state index contributed by atoms with van der Waals surface area (Å²) in [4.78, 5) is 0. The molecule has 3 fully saturated rings. The highest BCUT2D eigenvalue weighted by atomic mass is 35.5. The van der Waals surface area contributed by atoms with Crippen LogP contribution in [0.5, 0.6) is 0 Å². The van der Waals surface area contributed by atoms with E-state index >= 15 is 0 Å². The van der Waals surface area contributed by atoms with Crippen molar-refractivity contribution in [2.24, 2.45) is 5.92 Å². The van der Waals surface area contributed by atoms with Gasteiger partial charge < -0.3 is 5.32 Å². The van der Waals surface area contributed by atoms with Gasteiger partial charge in [-0.3, -0.25) is 0 Å². The number of hydrogen-bond donors (Lipinski definition) is 3. The van der Waals surface area contributed by atoms with Crippen LogP contribution >= 0.6 is 46.9 Å². The Kier molecular flexibility index (Phi) is 5.95. The predicted octanol–water partition coefficient (Wildman–Crippen LogP) is 2.63. The lowest BCUT2D eigenvalue weighted by atomic mass is 9.88. The van der Waals surface area contributed by atoms with Gasteiger partial charge in [0.25, 0.3) is 0 Å². The van der Waals surface area contributed by atoms with Crippen LogP contribution in [0.2, 0.25) is 0 Å². The van der Waals surface area contributed by atoms with Gasteiger partial charge in [-0.1, -0.05) is 0 Å². The van der Waals surface area contributed by atoms with Gasteiger partial charge in [0.2, 0.25) is 0 Å². The summed E-state index contributed by atoms with van der Waals surface area (Å²) < 4.78 is 0.525. The molecule has 2 heterocycles. The molecular weight excluding hydrogens is 318 g/mol. The van der Waals surface area contributed by atoms with Crippen LogP contribution in [-0.4, -0.2) is 38.9 Å². The number of hydrogen-bond acceptors (Lipinski definition) is 6. The third kappa shape index (κ3) is 4.34. The molecule has 1 saturated carbocycles. The van der Waals surface area contributed by atoms with E-state index in [9.17, 15) is 0 Å². The first-order chi connectivity index (χ1) is 9.31. The predicted molar refractivity (Wildman–Crippen MR) is 89.7 cm³/mol. The minimum Gasteiger partial charge on any atom is -0.301 e. The number of rotatable bonds is 4. The van der Waals surface area contributed by atoms with E-state index in [4.69, 9.17) is 11.6 Å². The summed E-state index contributed by atoms with van der Waals surface area (Å²) in [6, 6.07) is 0.678. The van der Waals surface area contributed by atoms with E-state index in [0.29, 0.717) is 21.5 Å². The van der Waals surface area contributed by atoms with Gasteiger partial charge in [-0.2, -0.15) is 0 Å². The molecular formula is C12H22ClN3S3. The summed E-state index contributed by atoms with van der Waals surface area (Å²) in [5.74, 6) is 4.34. The first-order valence-corrected chi connectivity index (χ1v) is 10.6. The first-order valence-electron chi connectivity index (χ1n) is 7.04. The molecule has 0 radical (unpaired) electrons. The minimum atomic E-state index is 0.437. The quantitative estimate of drug-likeness (QED) is 0.684. The summed E-state index contributed by atoms with van der Waals surface area (Å²) in [7, 11) is 0. The maximum Gasteiger partial charge on any atom is 0.114 e. The first kappa shape index (κ1) is 15.1. The van der Waals surface area contributed by atoms with Gasteiger partial charge in [0.05, 0.1) is 11.3 Å². The van der Waals surface area contributed by atoms with Crippen molar-refractivity contribution < 1.29 is 0 Å². The third-order valence-corrected chi connectivity index (χ3v) is 8.46. The van der Waals surface area contributed by atoms with E-state index in [0.717, 1.165) is 11.8 Å². The molecule has 0 aromatic heterocycles. The van der Waals surface area contributed by atoms with Crippen LogP contribution in [0, 0.1) is 5.92 Å². The number of thioether (sulfide) groups is 3. The second kappa shape index (κ2) is 7.47. The van der Waals surface area contributed by atoms with Crippen molar-refractivity contribution in [3.63, 3.8) is 0 Å². The highest BCUT2D eigenvalue weighted by molar-refractivity contribution is 8.17. The molecule has 2 aliphatic heterocycles. The van der Waals surface area contributed by atoms with Crippen molar-refractivity contribution in [2.75, 3.05) is 17.4 Å². The largest absolute Gasteiger partial charge is 0.301 e. The molecule has 0 spiro atoms. The zero-order chi connectivity index (χ0) is 13.1. The zero-order valence-electron chi connectivity index (χ0n) is 10.9. The highest BCUT2D eigenvalue weighted by Gasteiger charge is 2.33. The van der Waals surface area contributed by atoms with Crippen LogP contribution in [0.3, 0.4) is 0 Å². The Balaban J connectivity index is 1.37. The lowest BCUT2D eigenvalue weighted by Gasteiger charge is -2.29. The highest BCUT2D eigenvalue weighted by Crippen LogP contribution is 2.37. The molecule has 2 saturated heterocycles. The van der Waals surface area contributed by atoms with Crippen LogP contribution in [0.1, 0.15) is 25.7 Å². The van der Waals surface area contributed by atoms with Crippen LogP contribution in [-0.2, 0) is 0 Å². The monoisotopic (exact) mass is 339 g/mol. The third-order valence-electron chi connectivity index (χ3n) is 3.98. The average Bonchev–Trinajstić information content (AvgIpc) is 3.09. The van der Waals surface area contributed by atoms with Crippen molar-refractivity contribution in [1.82, 2.24) is 16.2 Å². The summed E-state index contributed by atoms with van der Waals surface area (Å²) in [6.45, 7) is 0. The fourth-order valence-electron chi connectivity index (χ4n) is 2.88. The Morgan fingerprint density at radius 2 is 2.00 bits per heavy atom. The summed E-state index contributed by atoms with van der Waals surface area (Å²) >= 11 is 12.3. The number of hydrazine groups is 1. The molecule has 3 atom stereocenters. The molecule has 3 rings (SSSR count). The molecule has 0 amide bonds. The molecule has 3 nitrogen and oxygen atoms in total. The average molecular weight is 340 g/mol. The Hall–Kier alpha value is 1.22. The van der Waals surface area contributed by atoms with Gasteiger partial charge in [-0.15, -0.1) is 46.9 Å². The van der Waals surface area contributed by atoms with E-state index in [1.807, 2.05) is 23.5 Å². The summed E-state index contributed by atoms with van der Waals surface area (Å²) in [5.41, 5.74) is 6.45. The second-order valence-electron chi connectivity index (χ2n) is 5.43. The Morgan fingerprint density at radius 3 is 2.74 bits per heavy atom. The number of halogens is 1. The lowest BCUT2D eigenvalue weighted by Crippen LogP contribution is -2.38. The van der Waals surface area contributed by atoms with Crippen LogP contribution in [0.15, 0.2) is 0 Å². The van der Waals surface area contributed by atoms with Gasteiger partial charge in [-0.05, 0) is 31.6 Å². The zero-order valence-corrected chi connectivity index (χ0v) is 14.1. The van der Waals surface area contributed by atoms with Crippen LogP contribution in [0.25, 0.3) is 0 Å². The molecule has 3 aliphatic rings. The van der Waals surface area contributed by atoms with Crippen molar-refractivity contribution in [3.05, 3.63) is 0 Å². The maximum absolute atomic E-state index is 6.19. The Bertz CT molecular complexity index is 283. The van der Waals surface area contributed by atoms with Crippen LogP contribution in [0.4, 0.5) is 0 Å². The van der Waals surface area contributed by atoms with Gasteiger partial charge in [0.15, 0.2) is 0 Å². The van der Waals surface area contributed by atoms with E-state index in [-0.39, 0.29) is 0 Å². The fourth-order valence-corrected chi connectivity index (χ4v) is 6.86. The molecule has 110 valence electrons. The Morgan fingerprint density at radius 1 is 1.16 bits per heavy atom. The van der Waals surface area contributed by atoms with Gasteiger partial charge in [0.1, 0.15) is 4.71 Å². The smallest absolute Gasteiger partial charge is 0.114 e. The number of alkyl halides is 1. The van der Waals surface area contributed by atoms with Crippen molar-refractivity contribution in [2.45, 2.75) is 47.2 Å². The van der Waals surface area contributed by atoms with Crippen molar-refractivity contribution >= 4 is 46.9 Å². The standard InChI is InChI=1S/C12H22ClN3S3/c13-9-3-1-8(2-4-9)11-15-10(5-17-11)6-18-12-16-14-7-19-12/h8-12,14-16H,1-7H2. The van der Waals surface area contributed by atoms with Crippen molar-refractivity contribution in [1.29, 1.82) is 0 Å². The summed E-state index contributed by atoms with van der Waals surface area (Å²) in [5, 5.41) is 4.96. The van der Waals surface area contributed by atoms with Gasteiger partial charge >= 0.3 is 0 Å². The minimum absolute atomic E-state index is 0.437. The molecule has 1 aliphatic carbocycles. The molecule has 19 heavy (non-hydrogen) atoms. The summed E-state index contributed by atoms with van der Waals surface area (Å²) in [6.07, 6.45) is 5.03.